The van der Waals surface area contributed by atoms with Crippen LogP contribution in [0.4, 0.5) is 0 Å². The maximum atomic E-state index is 9.10. The van der Waals surface area contributed by atoms with Crippen molar-refractivity contribution in [2.24, 2.45) is 7.05 Å². The molecule has 0 aliphatic rings. The first kappa shape index (κ1) is 18.7. The molecule has 10 nitrogen and oxygen atoms in total. The van der Waals surface area contributed by atoms with E-state index in [9.17, 15) is 0 Å². The SMILES string of the molecule is Cn1nnc2ccc(C(c3ccccc3)n3cncn3)cc21.O=C(O)C(=O)O. The van der Waals surface area contributed by atoms with Crippen LogP contribution in [-0.2, 0) is 16.6 Å². The van der Waals surface area contributed by atoms with Gasteiger partial charge in [-0.2, -0.15) is 5.10 Å². The van der Waals surface area contributed by atoms with Gasteiger partial charge in [0.15, 0.2) is 0 Å². The van der Waals surface area contributed by atoms with Crippen LogP contribution in [-0.4, -0.2) is 51.9 Å². The molecular formula is C18H16N6O4. The van der Waals surface area contributed by atoms with E-state index in [1.165, 1.54) is 0 Å². The van der Waals surface area contributed by atoms with E-state index < -0.39 is 11.9 Å². The van der Waals surface area contributed by atoms with Gasteiger partial charge in [-0.3, -0.25) is 0 Å². The van der Waals surface area contributed by atoms with Gasteiger partial charge >= 0.3 is 11.9 Å². The molecule has 2 N–H and O–H groups in total. The van der Waals surface area contributed by atoms with Crippen molar-refractivity contribution in [3.8, 4) is 0 Å². The Labute approximate surface area is 158 Å². The van der Waals surface area contributed by atoms with Gasteiger partial charge in [0, 0.05) is 7.05 Å². The van der Waals surface area contributed by atoms with Crippen molar-refractivity contribution < 1.29 is 19.8 Å². The largest absolute Gasteiger partial charge is 0.473 e. The maximum absolute atomic E-state index is 9.10. The number of fused-ring (bicyclic) bond motifs is 1. The summed E-state index contributed by atoms with van der Waals surface area (Å²) in [6, 6.07) is 16.4. The van der Waals surface area contributed by atoms with Gasteiger partial charge in [-0.05, 0) is 23.3 Å². The fourth-order valence-corrected chi connectivity index (χ4v) is 2.70. The third-order valence-corrected chi connectivity index (χ3v) is 3.95. The smallest absolute Gasteiger partial charge is 0.414 e. The number of aromatic nitrogens is 6. The molecular weight excluding hydrogens is 364 g/mol. The summed E-state index contributed by atoms with van der Waals surface area (Å²) in [5.41, 5.74) is 4.16. The van der Waals surface area contributed by atoms with Gasteiger partial charge in [0.1, 0.15) is 24.2 Å². The molecule has 10 heteroatoms. The summed E-state index contributed by atoms with van der Waals surface area (Å²) in [4.78, 5) is 22.3. The molecule has 28 heavy (non-hydrogen) atoms. The number of aliphatic carboxylic acids is 2. The monoisotopic (exact) mass is 380 g/mol. The number of benzene rings is 2. The van der Waals surface area contributed by atoms with Crippen molar-refractivity contribution in [3.63, 3.8) is 0 Å². The highest BCUT2D eigenvalue weighted by Gasteiger charge is 2.18. The predicted octanol–water partition coefficient (Wildman–Crippen LogP) is 1.35. The topological polar surface area (TPSA) is 136 Å². The molecule has 0 radical (unpaired) electrons. The van der Waals surface area contributed by atoms with Crippen molar-refractivity contribution in [1.29, 1.82) is 0 Å². The van der Waals surface area contributed by atoms with E-state index in [0.717, 1.165) is 22.2 Å². The highest BCUT2D eigenvalue weighted by molar-refractivity contribution is 6.27. The van der Waals surface area contributed by atoms with Crippen LogP contribution in [0.2, 0.25) is 0 Å². The first-order valence-electron chi connectivity index (χ1n) is 8.12. The van der Waals surface area contributed by atoms with E-state index in [1.807, 2.05) is 36.0 Å². The van der Waals surface area contributed by atoms with Gasteiger partial charge in [-0.25, -0.2) is 23.9 Å². The van der Waals surface area contributed by atoms with E-state index in [1.54, 1.807) is 17.3 Å². The Morgan fingerprint density at radius 2 is 1.71 bits per heavy atom. The number of carboxylic acid groups (broad SMARTS) is 2. The minimum Gasteiger partial charge on any atom is -0.473 e. The van der Waals surface area contributed by atoms with E-state index in [0.29, 0.717) is 0 Å². The second-order valence-electron chi connectivity index (χ2n) is 5.76. The quantitative estimate of drug-likeness (QED) is 0.508. The van der Waals surface area contributed by atoms with Crippen LogP contribution in [0.3, 0.4) is 0 Å². The number of carbonyl (C=O) groups is 2. The van der Waals surface area contributed by atoms with Crippen LogP contribution < -0.4 is 0 Å². The number of aryl methyl sites for hydroxylation is 1. The molecule has 142 valence electrons. The first-order chi connectivity index (χ1) is 13.5. The summed E-state index contributed by atoms with van der Waals surface area (Å²) in [7, 11) is 1.89. The molecule has 1 atom stereocenters. The zero-order chi connectivity index (χ0) is 20.1. The number of rotatable bonds is 3. The van der Waals surface area contributed by atoms with Gasteiger partial charge in [0.2, 0.25) is 0 Å². The van der Waals surface area contributed by atoms with Gasteiger partial charge in [0.05, 0.1) is 5.52 Å². The van der Waals surface area contributed by atoms with Crippen LogP contribution in [0.15, 0.2) is 61.2 Å². The Bertz CT molecular complexity index is 1080. The number of nitrogens with zero attached hydrogens (tertiary/aromatic N) is 6. The molecule has 0 saturated heterocycles. The zero-order valence-electron chi connectivity index (χ0n) is 14.7. The Morgan fingerprint density at radius 1 is 1.00 bits per heavy atom. The van der Waals surface area contributed by atoms with Gasteiger partial charge < -0.3 is 10.2 Å². The van der Waals surface area contributed by atoms with Crippen molar-refractivity contribution in [2.45, 2.75) is 6.04 Å². The molecule has 2 heterocycles. The maximum Gasteiger partial charge on any atom is 0.414 e. The first-order valence-corrected chi connectivity index (χ1v) is 8.12. The van der Waals surface area contributed by atoms with Gasteiger partial charge in [0.25, 0.3) is 0 Å². The average molecular weight is 380 g/mol. The predicted molar refractivity (Wildman–Crippen MR) is 97.5 cm³/mol. The summed E-state index contributed by atoms with van der Waals surface area (Å²) in [5.74, 6) is -3.65. The lowest BCUT2D eigenvalue weighted by molar-refractivity contribution is -0.159. The molecule has 0 aliphatic carbocycles. The summed E-state index contributed by atoms with van der Waals surface area (Å²) in [6.45, 7) is 0. The molecule has 0 fully saturated rings. The molecule has 1 unspecified atom stereocenters. The van der Waals surface area contributed by atoms with Crippen LogP contribution >= 0.6 is 0 Å². The van der Waals surface area contributed by atoms with Crippen molar-refractivity contribution in [2.75, 3.05) is 0 Å². The molecule has 4 aromatic rings. The van der Waals surface area contributed by atoms with Crippen molar-refractivity contribution in [1.82, 2.24) is 29.8 Å². The Morgan fingerprint density at radius 3 is 2.32 bits per heavy atom. The lowest BCUT2D eigenvalue weighted by Gasteiger charge is -2.18. The fraction of sp³-hybridized carbons (Fsp3) is 0.111. The molecule has 2 aromatic carbocycles. The van der Waals surface area contributed by atoms with E-state index in [2.05, 4.69) is 44.7 Å². The number of carboxylic acids is 2. The highest BCUT2D eigenvalue weighted by Crippen LogP contribution is 2.27. The second kappa shape index (κ2) is 8.08. The molecule has 0 spiro atoms. The Kier molecular flexibility index (Phi) is 5.40. The summed E-state index contributed by atoms with van der Waals surface area (Å²) in [5, 5.41) is 27.3. The minimum atomic E-state index is -1.82. The molecule has 0 bridgehead atoms. The normalized spacial score (nSPS) is 11.5. The minimum absolute atomic E-state index is 0.0250. The van der Waals surface area contributed by atoms with Crippen LogP contribution in [0.1, 0.15) is 17.2 Å². The van der Waals surface area contributed by atoms with Crippen molar-refractivity contribution >= 4 is 23.0 Å². The number of hydrogen-bond acceptors (Lipinski definition) is 6. The van der Waals surface area contributed by atoms with Crippen LogP contribution in [0.5, 0.6) is 0 Å². The third kappa shape index (κ3) is 4.01. The van der Waals surface area contributed by atoms with Gasteiger partial charge in [-0.15, -0.1) is 5.10 Å². The summed E-state index contributed by atoms with van der Waals surface area (Å²) < 4.78 is 3.64. The molecule has 0 saturated carbocycles. The third-order valence-electron chi connectivity index (χ3n) is 3.95. The Balaban J connectivity index is 0.000000330. The van der Waals surface area contributed by atoms with Crippen molar-refractivity contribution in [3.05, 3.63) is 72.3 Å². The molecule has 2 aromatic heterocycles. The molecule has 0 amide bonds. The highest BCUT2D eigenvalue weighted by atomic mass is 16.4. The molecule has 0 aliphatic heterocycles. The Hall–Kier alpha value is -4.08. The number of hydrogen-bond donors (Lipinski definition) is 2. The lowest BCUT2D eigenvalue weighted by atomic mass is 9.98. The van der Waals surface area contributed by atoms with E-state index >= 15 is 0 Å². The average Bonchev–Trinajstić information content (AvgIpc) is 3.34. The van der Waals surface area contributed by atoms with Gasteiger partial charge in [-0.1, -0.05) is 41.6 Å². The lowest BCUT2D eigenvalue weighted by Crippen LogP contribution is -2.13. The van der Waals surface area contributed by atoms with Crippen LogP contribution in [0.25, 0.3) is 11.0 Å². The van der Waals surface area contributed by atoms with Crippen LogP contribution in [0, 0.1) is 0 Å². The summed E-state index contributed by atoms with van der Waals surface area (Å²) in [6.07, 6.45) is 3.30. The fourth-order valence-electron chi connectivity index (χ4n) is 2.70. The van der Waals surface area contributed by atoms with E-state index in [4.69, 9.17) is 19.8 Å². The summed E-state index contributed by atoms with van der Waals surface area (Å²) >= 11 is 0. The second-order valence-corrected chi connectivity index (χ2v) is 5.76. The van der Waals surface area contributed by atoms with E-state index in [-0.39, 0.29) is 6.04 Å². The zero-order valence-corrected chi connectivity index (χ0v) is 14.7. The standard InChI is InChI=1S/C16H14N6.C2H2O4/c1-21-15-9-13(7-8-14(15)19-20-21)16(22-11-17-10-18-22)12-5-3-2-4-6-12;3-1(4)2(5)6/h2-11,16H,1H3;(H,3,4)(H,5,6). The molecule has 4 rings (SSSR count).